The maximum absolute atomic E-state index is 13.3. The van der Waals surface area contributed by atoms with Crippen LogP contribution in [-0.4, -0.2) is 28.9 Å². The molecule has 2 saturated carbocycles. The van der Waals surface area contributed by atoms with Gasteiger partial charge in [-0.25, -0.2) is 0 Å². The summed E-state index contributed by atoms with van der Waals surface area (Å²) in [6, 6.07) is 8.15. The minimum Gasteiger partial charge on any atom is -0.390 e. The molecule has 4 aliphatic rings. The minimum atomic E-state index is -0.585. The highest BCUT2D eigenvalue weighted by Gasteiger charge is 2.79. The highest BCUT2D eigenvalue weighted by molar-refractivity contribution is 6.00. The van der Waals surface area contributed by atoms with Crippen LogP contribution in [0, 0.1) is 36.5 Å². The fourth-order valence-corrected chi connectivity index (χ4v) is 6.01. The Morgan fingerprint density at radius 3 is 2.61 bits per heavy atom. The average molecular weight is 313 g/mol. The third-order valence-corrected chi connectivity index (χ3v) is 6.83. The second-order valence-corrected chi connectivity index (χ2v) is 8.10. The van der Waals surface area contributed by atoms with Crippen LogP contribution in [0.5, 0.6) is 0 Å². The summed E-state index contributed by atoms with van der Waals surface area (Å²) in [4.78, 5) is 15.2. The zero-order chi connectivity index (χ0) is 16.1. The Bertz CT molecular complexity index is 684. The maximum atomic E-state index is 13.3. The largest absolute Gasteiger partial charge is 0.390 e. The number of aliphatic hydroxyl groups excluding tert-OH is 1. The molecule has 4 fully saturated rings. The minimum absolute atomic E-state index is 0.0718. The van der Waals surface area contributed by atoms with Crippen LogP contribution < -0.4 is 4.90 Å². The van der Waals surface area contributed by atoms with Crippen molar-refractivity contribution in [1.82, 2.24) is 0 Å². The number of benzene rings is 1. The van der Waals surface area contributed by atoms with Crippen molar-refractivity contribution >= 4 is 11.6 Å². The van der Waals surface area contributed by atoms with Gasteiger partial charge in [0, 0.05) is 17.5 Å². The van der Waals surface area contributed by atoms with E-state index in [4.69, 9.17) is 4.74 Å². The third-order valence-electron chi connectivity index (χ3n) is 6.83. The summed E-state index contributed by atoms with van der Waals surface area (Å²) in [5.74, 6) is 0.920. The van der Waals surface area contributed by atoms with Crippen molar-refractivity contribution in [2.75, 3.05) is 4.90 Å². The summed E-state index contributed by atoms with van der Waals surface area (Å²) in [5.41, 5.74) is 1.53. The Labute approximate surface area is 136 Å². The maximum Gasteiger partial charge on any atom is 0.233 e. The van der Waals surface area contributed by atoms with Gasteiger partial charge in [0.2, 0.25) is 5.91 Å². The molecular weight excluding hydrogens is 290 g/mol. The second kappa shape index (κ2) is 4.17. The van der Waals surface area contributed by atoms with Gasteiger partial charge in [-0.1, -0.05) is 31.5 Å². The average Bonchev–Trinajstić information content (AvgIpc) is 3.17. The molecule has 0 unspecified atom stereocenters. The first-order valence-corrected chi connectivity index (χ1v) is 8.73. The molecule has 7 atom stereocenters. The lowest BCUT2D eigenvalue weighted by Gasteiger charge is -2.42. The van der Waals surface area contributed by atoms with E-state index in [1.807, 2.05) is 29.2 Å². The van der Waals surface area contributed by atoms with Gasteiger partial charge in [-0.05, 0) is 37.3 Å². The molecule has 1 amide bonds. The van der Waals surface area contributed by atoms with Crippen LogP contribution >= 0.6 is 0 Å². The van der Waals surface area contributed by atoms with Gasteiger partial charge < -0.3 is 9.84 Å². The molecule has 2 aliphatic heterocycles. The van der Waals surface area contributed by atoms with Gasteiger partial charge in [0.05, 0.1) is 18.1 Å². The molecule has 4 nitrogen and oxygen atoms in total. The molecule has 1 aromatic rings. The van der Waals surface area contributed by atoms with E-state index in [0.717, 1.165) is 12.1 Å². The van der Waals surface area contributed by atoms with Gasteiger partial charge in [-0.2, -0.15) is 0 Å². The smallest absolute Gasteiger partial charge is 0.233 e. The lowest BCUT2D eigenvalue weighted by Crippen LogP contribution is -2.54. The third kappa shape index (κ3) is 1.39. The molecule has 4 heteroatoms. The van der Waals surface area contributed by atoms with Crippen molar-refractivity contribution in [1.29, 1.82) is 0 Å². The van der Waals surface area contributed by atoms with Crippen molar-refractivity contribution in [3.05, 3.63) is 29.8 Å². The van der Waals surface area contributed by atoms with Crippen molar-refractivity contribution in [3.8, 4) is 0 Å². The SMILES string of the molecule is Cc1ccc(N2C(=O)[C@@H]3[C@H]4C[C@H]5[C@H](O[C@]2(C(C)C)[C@@H]53)[C@@H]4O)cc1. The first kappa shape index (κ1) is 14.0. The van der Waals surface area contributed by atoms with Crippen LogP contribution in [-0.2, 0) is 9.53 Å². The molecule has 0 aromatic heterocycles. The van der Waals surface area contributed by atoms with Gasteiger partial charge in [-0.15, -0.1) is 0 Å². The molecule has 2 saturated heterocycles. The van der Waals surface area contributed by atoms with E-state index in [0.29, 0.717) is 5.92 Å². The van der Waals surface area contributed by atoms with Crippen LogP contribution in [0.2, 0.25) is 0 Å². The number of nitrogens with zero attached hydrogens (tertiary/aromatic N) is 1. The zero-order valence-corrected chi connectivity index (χ0v) is 13.8. The number of amides is 1. The molecule has 1 aromatic carbocycles. The van der Waals surface area contributed by atoms with Crippen LogP contribution in [0.1, 0.15) is 25.8 Å². The quantitative estimate of drug-likeness (QED) is 0.912. The Hall–Kier alpha value is -1.39. The lowest BCUT2D eigenvalue weighted by atomic mass is 9.74. The highest BCUT2D eigenvalue weighted by atomic mass is 16.6. The molecule has 1 N–H and O–H groups in total. The number of ether oxygens (including phenoxy) is 1. The van der Waals surface area contributed by atoms with Crippen molar-refractivity contribution in [3.63, 3.8) is 0 Å². The Kier molecular flexibility index (Phi) is 2.54. The van der Waals surface area contributed by atoms with Gasteiger partial charge >= 0.3 is 0 Å². The number of aliphatic hydroxyl groups is 1. The van der Waals surface area contributed by atoms with E-state index >= 15 is 0 Å². The standard InChI is InChI=1S/C19H23NO3/c1-9(2)19-15-13-8-12(16(21)17(13)23-19)14(15)18(22)20(19)11-6-4-10(3)5-7-11/h4-7,9,12-17,21H,8H2,1-3H3/t12-,13-,14-,15+,16-,17+,19-/m1/s1. The van der Waals surface area contributed by atoms with Crippen LogP contribution in [0.3, 0.4) is 0 Å². The summed E-state index contributed by atoms with van der Waals surface area (Å²) in [7, 11) is 0. The molecule has 23 heavy (non-hydrogen) atoms. The summed E-state index contributed by atoms with van der Waals surface area (Å²) < 4.78 is 6.51. The number of fused-ring (bicyclic) bond motifs is 2. The summed E-state index contributed by atoms with van der Waals surface area (Å²) in [6.07, 6.45) is 0.388. The molecule has 5 rings (SSSR count). The first-order chi connectivity index (χ1) is 11.0. The van der Waals surface area contributed by atoms with E-state index in [1.54, 1.807) is 0 Å². The molecule has 122 valence electrons. The summed E-state index contributed by atoms with van der Waals surface area (Å²) in [5, 5.41) is 10.5. The summed E-state index contributed by atoms with van der Waals surface area (Å²) >= 11 is 0. The van der Waals surface area contributed by atoms with Crippen LogP contribution in [0.4, 0.5) is 5.69 Å². The Morgan fingerprint density at radius 2 is 1.96 bits per heavy atom. The van der Waals surface area contributed by atoms with Gasteiger partial charge in [0.25, 0.3) is 0 Å². The second-order valence-electron chi connectivity index (χ2n) is 8.10. The van der Waals surface area contributed by atoms with E-state index in [-0.39, 0.29) is 35.7 Å². The number of anilines is 1. The monoisotopic (exact) mass is 313 g/mol. The van der Waals surface area contributed by atoms with E-state index in [2.05, 4.69) is 20.8 Å². The predicted molar refractivity (Wildman–Crippen MR) is 85.7 cm³/mol. The van der Waals surface area contributed by atoms with Crippen LogP contribution in [0.25, 0.3) is 0 Å². The van der Waals surface area contributed by atoms with Crippen molar-refractivity contribution in [2.45, 2.75) is 45.1 Å². The Balaban J connectivity index is 1.69. The van der Waals surface area contributed by atoms with Crippen molar-refractivity contribution in [2.24, 2.45) is 29.6 Å². The lowest BCUT2D eigenvalue weighted by molar-refractivity contribution is -0.136. The van der Waals surface area contributed by atoms with Crippen molar-refractivity contribution < 1.29 is 14.6 Å². The predicted octanol–water partition coefficient (Wildman–Crippen LogP) is 2.34. The number of carbonyl (C=O) groups is 1. The molecule has 0 radical (unpaired) electrons. The number of hydrogen-bond donors (Lipinski definition) is 1. The normalized spacial score (nSPS) is 46.5. The number of aryl methyl sites for hydroxylation is 1. The molecule has 2 heterocycles. The fraction of sp³-hybridized carbons (Fsp3) is 0.632. The zero-order valence-electron chi connectivity index (χ0n) is 13.8. The molecule has 2 aliphatic carbocycles. The molecular formula is C19H23NO3. The number of carbonyl (C=O) groups excluding carboxylic acids is 1. The first-order valence-electron chi connectivity index (χ1n) is 8.73. The fourth-order valence-electron chi connectivity index (χ4n) is 6.01. The van der Waals surface area contributed by atoms with E-state index < -0.39 is 11.8 Å². The van der Waals surface area contributed by atoms with Gasteiger partial charge in [-0.3, -0.25) is 9.69 Å². The molecule has 2 bridgehead atoms. The van der Waals surface area contributed by atoms with E-state index in [1.165, 1.54) is 5.56 Å². The molecule has 0 spiro atoms. The number of hydrogen-bond acceptors (Lipinski definition) is 3. The van der Waals surface area contributed by atoms with E-state index in [9.17, 15) is 9.90 Å². The highest BCUT2D eigenvalue weighted by Crippen LogP contribution is 2.69. The van der Waals surface area contributed by atoms with Gasteiger partial charge in [0.15, 0.2) is 5.72 Å². The Morgan fingerprint density at radius 1 is 1.26 bits per heavy atom. The van der Waals surface area contributed by atoms with Gasteiger partial charge in [0.1, 0.15) is 0 Å². The van der Waals surface area contributed by atoms with Crippen LogP contribution in [0.15, 0.2) is 24.3 Å². The topological polar surface area (TPSA) is 49.8 Å². The number of rotatable bonds is 2. The summed E-state index contributed by atoms with van der Waals surface area (Å²) in [6.45, 7) is 6.33.